The molecular formula is C17H34N2O3S. The minimum atomic E-state index is -1.09. The molecule has 0 aromatic heterocycles. The van der Waals surface area contributed by atoms with Crippen LogP contribution in [-0.4, -0.2) is 33.1 Å². The van der Waals surface area contributed by atoms with Crippen molar-refractivity contribution in [2.45, 2.75) is 91.2 Å². The van der Waals surface area contributed by atoms with Crippen molar-refractivity contribution in [1.29, 1.82) is 0 Å². The highest BCUT2D eigenvalue weighted by Gasteiger charge is 2.52. The molecule has 0 aromatic carbocycles. The second kappa shape index (κ2) is 6.81. The van der Waals surface area contributed by atoms with Crippen molar-refractivity contribution >= 4 is 17.5 Å². The molecule has 1 rings (SSSR count). The minimum Gasteiger partial charge on any atom is -0.598 e. The molecular weight excluding hydrogens is 312 g/mol. The Kier molecular flexibility index (Phi) is 6.09. The molecule has 0 radical (unpaired) electrons. The number of amides is 1. The summed E-state index contributed by atoms with van der Waals surface area (Å²) in [5.74, 6) is 0.355. The van der Waals surface area contributed by atoms with E-state index in [4.69, 9.17) is 4.74 Å². The Labute approximate surface area is 144 Å². The van der Waals surface area contributed by atoms with E-state index in [2.05, 4.69) is 30.8 Å². The van der Waals surface area contributed by atoms with Crippen molar-refractivity contribution in [3.8, 4) is 0 Å². The topological polar surface area (TPSA) is 73.4 Å². The van der Waals surface area contributed by atoms with Crippen LogP contribution in [0.3, 0.4) is 0 Å². The fourth-order valence-corrected chi connectivity index (χ4v) is 3.79. The van der Waals surface area contributed by atoms with Gasteiger partial charge < -0.3 is 14.6 Å². The van der Waals surface area contributed by atoms with E-state index in [1.165, 1.54) is 0 Å². The lowest BCUT2D eigenvalue weighted by molar-refractivity contribution is -0.0142. The maximum atomic E-state index is 12.3. The molecule has 0 bridgehead atoms. The van der Waals surface area contributed by atoms with Gasteiger partial charge in [0.05, 0.1) is 6.04 Å². The minimum absolute atomic E-state index is 0.0641. The van der Waals surface area contributed by atoms with Crippen LogP contribution in [0.25, 0.3) is 0 Å². The van der Waals surface area contributed by atoms with Crippen LogP contribution in [0.5, 0.6) is 0 Å². The zero-order valence-corrected chi connectivity index (χ0v) is 16.9. The van der Waals surface area contributed by atoms with Crippen LogP contribution in [0.1, 0.15) is 68.7 Å². The monoisotopic (exact) mass is 346 g/mol. The van der Waals surface area contributed by atoms with E-state index in [9.17, 15) is 9.35 Å². The predicted molar refractivity (Wildman–Crippen MR) is 95.5 cm³/mol. The highest BCUT2D eigenvalue weighted by molar-refractivity contribution is 7.90. The molecule has 136 valence electrons. The zero-order chi connectivity index (χ0) is 18.2. The number of carbonyl (C=O) groups excluding carboxylic acids is 1. The van der Waals surface area contributed by atoms with Crippen LogP contribution < -0.4 is 10.0 Å². The highest BCUT2D eigenvalue weighted by atomic mass is 32.2. The maximum absolute atomic E-state index is 12.3. The van der Waals surface area contributed by atoms with Gasteiger partial charge in [0.15, 0.2) is 0 Å². The lowest BCUT2D eigenvalue weighted by atomic mass is 9.56. The standard InChI is InChI=1S/C17H34N2O3S/c1-11(19-23(21)16(5,6)7)12-10-13(17(12,8)9)18-14(20)22-15(2,3)4/h11-13,19H,10H2,1-9H3,(H,18,20)/t11-,12-,13-,23-/m0/s1. The molecule has 0 unspecified atom stereocenters. The molecule has 0 aliphatic heterocycles. The third-order valence-corrected chi connectivity index (χ3v) is 6.19. The van der Waals surface area contributed by atoms with E-state index in [-0.39, 0.29) is 28.3 Å². The molecule has 1 saturated carbocycles. The summed E-state index contributed by atoms with van der Waals surface area (Å²) in [7, 11) is 0. The lowest BCUT2D eigenvalue weighted by Crippen LogP contribution is -2.64. The first kappa shape index (κ1) is 20.6. The van der Waals surface area contributed by atoms with Crippen molar-refractivity contribution in [3.05, 3.63) is 0 Å². The van der Waals surface area contributed by atoms with E-state index in [1.54, 1.807) is 0 Å². The van der Waals surface area contributed by atoms with Crippen LogP contribution in [0.15, 0.2) is 0 Å². The number of ether oxygens (including phenoxy) is 1. The normalized spacial score (nSPS) is 26.9. The summed E-state index contributed by atoms with van der Waals surface area (Å²) in [5, 5.41) is 2.97. The number of hydrogen-bond acceptors (Lipinski definition) is 4. The highest BCUT2D eigenvalue weighted by Crippen LogP contribution is 2.48. The van der Waals surface area contributed by atoms with Crippen molar-refractivity contribution in [3.63, 3.8) is 0 Å². The number of rotatable bonds is 4. The van der Waals surface area contributed by atoms with Gasteiger partial charge in [-0.25, -0.2) is 4.79 Å². The first-order valence-corrected chi connectivity index (χ1v) is 9.47. The Morgan fingerprint density at radius 3 is 2.17 bits per heavy atom. The number of hydrogen-bond donors (Lipinski definition) is 2. The van der Waals surface area contributed by atoms with Gasteiger partial charge in [-0.1, -0.05) is 13.8 Å². The molecule has 6 heteroatoms. The van der Waals surface area contributed by atoms with Crippen LogP contribution in [0.4, 0.5) is 4.79 Å². The number of alkyl carbamates (subject to hydrolysis) is 1. The maximum Gasteiger partial charge on any atom is 0.407 e. The van der Waals surface area contributed by atoms with Crippen molar-refractivity contribution < 1.29 is 14.1 Å². The van der Waals surface area contributed by atoms with Crippen LogP contribution in [-0.2, 0) is 16.1 Å². The van der Waals surface area contributed by atoms with Gasteiger partial charge in [-0.05, 0) is 66.2 Å². The molecule has 1 aliphatic carbocycles. The van der Waals surface area contributed by atoms with Crippen molar-refractivity contribution in [1.82, 2.24) is 10.0 Å². The summed E-state index contributed by atoms with van der Waals surface area (Å²) in [5.41, 5.74) is -0.554. The molecule has 0 saturated heterocycles. The van der Waals surface area contributed by atoms with Gasteiger partial charge in [0.1, 0.15) is 10.3 Å². The Bertz CT molecular complexity index is 427. The largest absolute Gasteiger partial charge is 0.598 e. The third-order valence-electron chi connectivity index (χ3n) is 4.49. The molecule has 1 amide bonds. The summed E-state index contributed by atoms with van der Waals surface area (Å²) in [6.45, 7) is 17.8. The number of carbonyl (C=O) groups is 1. The summed E-state index contributed by atoms with van der Waals surface area (Å²) < 4.78 is 20.5. The van der Waals surface area contributed by atoms with E-state index in [0.717, 1.165) is 6.42 Å². The smallest absolute Gasteiger partial charge is 0.407 e. The predicted octanol–water partition coefficient (Wildman–Crippen LogP) is 3.37. The van der Waals surface area contributed by atoms with Gasteiger partial charge in [-0.15, -0.1) is 4.72 Å². The molecule has 0 heterocycles. The first-order valence-electron chi connectivity index (χ1n) is 8.32. The molecule has 23 heavy (non-hydrogen) atoms. The molecule has 5 nitrogen and oxygen atoms in total. The van der Waals surface area contributed by atoms with E-state index in [1.807, 2.05) is 41.5 Å². The van der Waals surface area contributed by atoms with Crippen LogP contribution >= 0.6 is 0 Å². The zero-order valence-electron chi connectivity index (χ0n) is 16.1. The fraction of sp³-hybridized carbons (Fsp3) is 0.941. The average Bonchev–Trinajstić information content (AvgIpc) is 2.30. The first-order chi connectivity index (χ1) is 10.1. The Morgan fingerprint density at radius 1 is 1.26 bits per heavy atom. The van der Waals surface area contributed by atoms with Gasteiger partial charge in [0, 0.05) is 17.4 Å². The lowest BCUT2D eigenvalue weighted by Gasteiger charge is -2.54. The third kappa shape index (κ3) is 5.54. The Morgan fingerprint density at radius 2 is 1.78 bits per heavy atom. The SMILES string of the molecule is C[C@H](N[S@@+]([O-])C(C)(C)C)[C@@H]1C[C@H](NC(=O)OC(C)(C)C)C1(C)C. The molecule has 2 N–H and O–H groups in total. The number of nitrogens with one attached hydrogen (secondary N) is 2. The molecule has 1 fully saturated rings. The second-order valence-electron chi connectivity index (χ2n) is 9.15. The van der Waals surface area contributed by atoms with E-state index < -0.39 is 17.0 Å². The molecule has 1 aliphatic rings. The Balaban J connectivity index is 2.56. The van der Waals surface area contributed by atoms with Crippen LogP contribution in [0, 0.1) is 11.3 Å². The Hall–Kier alpha value is -0.460. The van der Waals surface area contributed by atoms with Gasteiger partial charge in [-0.2, -0.15) is 0 Å². The van der Waals surface area contributed by atoms with E-state index in [0.29, 0.717) is 5.92 Å². The second-order valence-corrected chi connectivity index (χ2v) is 11.1. The summed E-state index contributed by atoms with van der Waals surface area (Å²) in [6, 6.07) is 0.205. The quantitative estimate of drug-likeness (QED) is 0.766. The summed E-state index contributed by atoms with van der Waals surface area (Å²) in [4.78, 5) is 11.9. The summed E-state index contributed by atoms with van der Waals surface area (Å²) in [6.07, 6.45) is 0.495. The van der Waals surface area contributed by atoms with Gasteiger partial charge in [-0.3, -0.25) is 0 Å². The van der Waals surface area contributed by atoms with Gasteiger partial charge in [0.2, 0.25) is 0 Å². The molecule has 0 aromatic rings. The molecule has 4 atom stereocenters. The van der Waals surface area contributed by atoms with Gasteiger partial charge >= 0.3 is 6.09 Å². The van der Waals surface area contributed by atoms with Crippen molar-refractivity contribution in [2.75, 3.05) is 0 Å². The van der Waals surface area contributed by atoms with Crippen molar-refractivity contribution in [2.24, 2.45) is 11.3 Å². The van der Waals surface area contributed by atoms with Gasteiger partial charge in [0.25, 0.3) is 0 Å². The molecule has 0 spiro atoms. The summed E-state index contributed by atoms with van der Waals surface area (Å²) >= 11 is -1.09. The van der Waals surface area contributed by atoms with E-state index >= 15 is 0 Å². The fourth-order valence-electron chi connectivity index (χ4n) is 2.93. The van der Waals surface area contributed by atoms with Crippen LogP contribution in [0.2, 0.25) is 0 Å². The average molecular weight is 347 g/mol.